The third-order valence-corrected chi connectivity index (χ3v) is 2.56. The second kappa shape index (κ2) is 5.28. The largest absolute Gasteiger partial charge is 0.464 e. The average molecular weight is 271 g/mol. The lowest BCUT2D eigenvalue weighted by Crippen LogP contribution is -2.27. The molecule has 0 aliphatic carbocycles. The summed E-state index contributed by atoms with van der Waals surface area (Å²) in [6, 6.07) is 0. The van der Waals surface area contributed by atoms with Gasteiger partial charge in [0.25, 0.3) is 0 Å². The Bertz CT molecular complexity index is 571. The van der Waals surface area contributed by atoms with Crippen LogP contribution in [0.2, 0.25) is 5.15 Å². The number of halogens is 1. The Balaban J connectivity index is 2.22. The summed E-state index contributed by atoms with van der Waals surface area (Å²) in [6.45, 7) is 1.89. The molecular weight excluding hydrogens is 260 g/mol. The van der Waals surface area contributed by atoms with Crippen LogP contribution in [0.5, 0.6) is 0 Å². The maximum absolute atomic E-state index is 11.3. The van der Waals surface area contributed by atoms with Crippen molar-refractivity contribution < 1.29 is 14.6 Å². The van der Waals surface area contributed by atoms with Crippen molar-refractivity contribution in [3.05, 3.63) is 17.8 Å². The van der Waals surface area contributed by atoms with E-state index in [9.17, 15) is 9.90 Å². The molecule has 2 aromatic rings. The SMILES string of the molecule is CCOC(=O)[C@H](O)Cn1cnc2c(Cl)ncnc21. The number of aliphatic hydroxyl groups is 1. The molecule has 0 saturated carbocycles. The number of ether oxygens (including phenoxy) is 1. The molecule has 0 aliphatic rings. The third kappa shape index (κ3) is 2.41. The van der Waals surface area contributed by atoms with Gasteiger partial charge in [-0.15, -0.1) is 0 Å². The van der Waals surface area contributed by atoms with E-state index in [1.54, 1.807) is 6.92 Å². The van der Waals surface area contributed by atoms with Crippen molar-refractivity contribution in [1.82, 2.24) is 19.5 Å². The topological polar surface area (TPSA) is 90.1 Å². The lowest BCUT2D eigenvalue weighted by Gasteiger charge is -2.10. The Morgan fingerprint density at radius 3 is 3.06 bits per heavy atom. The summed E-state index contributed by atoms with van der Waals surface area (Å²) < 4.78 is 6.23. The summed E-state index contributed by atoms with van der Waals surface area (Å²) in [5.74, 6) is -0.681. The normalized spacial score (nSPS) is 12.6. The van der Waals surface area contributed by atoms with Crippen molar-refractivity contribution in [3.63, 3.8) is 0 Å². The van der Waals surface area contributed by atoms with Crippen LogP contribution in [0.25, 0.3) is 11.2 Å². The summed E-state index contributed by atoms with van der Waals surface area (Å²) in [4.78, 5) is 23.1. The molecule has 0 aromatic carbocycles. The molecule has 18 heavy (non-hydrogen) atoms. The Morgan fingerprint density at radius 1 is 1.56 bits per heavy atom. The van der Waals surface area contributed by atoms with Crippen LogP contribution >= 0.6 is 11.6 Å². The molecule has 0 saturated heterocycles. The van der Waals surface area contributed by atoms with Gasteiger partial charge in [-0.05, 0) is 6.92 Å². The van der Waals surface area contributed by atoms with Crippen molar-refractivity contribution in [2.45, 2.75) is 19.6 Å². The van der Waals surface area contributed by atoms with Gasteiger partial charge in [0, 0.05) is 0 Å². The van der Waals surface area contributed by atoms with E-state index in [4.69, 9.17) is 16.3 Å². The molecule has 0 spiro atoms. The van der Waals surface area contributed by atoms with Crippen molar-refractivity contribution >= 4 is 28.7 Å². The van der Waals surface area contributed by atoms with Crippen molar-refractivity contribution in [2.75, 3.05) is 6.61 Å². The number of hydrogen-bond acceptors (Lipinski definition) is 6. The van der Waals surface area contributed by atoms with Gasteiger partial charge in [0.05, 0.1) is 19.5 Å². The van der Waals surface area contributed by atoms with E-state index >= 15 is 0 Å². The predicted molar refractivity (Wildman–Crippen MR) is 63.0 cm³/mol. The van der Waals surface area contributed by atoms with E-state index in [0.717, 1.165) is 0 Å². The molecule has 0 unspecified atom stereocenters. The summed E-state index contributed by atoms with van der Waals surface area (Å²) in [6.07, 6.45) is 1.46. The fourth-order valence-electron chi connectivity index (χ4n) is 1.48. The van der Waals surface area contributed by atoms with Gasteiger partial charge in [0.2, 0.25) is 0 Å². The summed E-state index contributed by atoms with van der Waals surface area (Å²) >= 11 is 5.84. The molecule has 2 aromatic heterocycles. The number of esters is 1. The van der Waals surface area contributed by atoms with Crippen molar-refractivity contribution in [1.29, 1.82) is 0 Å². The molecule has 0 aliphatic heterocycles. The summed E-state index contributed by atoms with van der Waals surface area (Å²) in [5.41, 5.74) is 0.883. The Morgan fingerprint density at radius 2 is 2.33 bits per heavy atom. The summed E-state index contributed by atoms with van der Waals surface area (Å²) in [5, 5.41) is 9.88. The minimum atomic E-state index is -1.27. The van der Waals surface area contributed by atoms with Crippen LogP contribution in [0.1, 0.15) is 6.92 Å². The molecule has 0 radical (unpaired) electrons. The minimum absolute atomic E-state index is 0.00265. The fraction of sp³-hybridized carbons (Fsp3) is 0.400. The Labute approximate surface area is 107 Å². The zero-order chi connectivity index (χ0) is 13.1. The van der Waals surface area contributed by atoms with Crippen LogP contribution in [0.15, 0.2) is 12.7 Å². The molecule has 2 heterocycles. The van der Waals surface area contributed by atoms with Crippen LogP contribution in [-0.4, -0.2) is 43.3 Å². The zero-order valence-electron chi connectivity index (χ0n) is 9.58. The maximum atomic E-state index is 11.3. The van der Waals surface area contributed by atoms with Gasteiger partial charge in [0.15, 0.2) is 16.9 Å². The van der Waals surface area contributed by atoms with E-state index in [0.29, 0.717) is 11.2 Å². The number of fused-ring (bicyclic) bond motifs is 1. The second-order valence-electron chi connectivity index (χ2n) is 3.50. The third-order valence-electron chi connectivity index (χ3n) is 2.28. The van der Waals surface area contributed by atoms with Gasteiger partial charge in [-0.25, -0.2) is 19.7 Å². The molecule has 8 heteroatoms. The second-order valence-corrected chi connectivity index (χ2v) is 3.86. The highest BCUT2D eigenvalue weighted by molar-refractivity contribution is 6.33. The summed E-state index contributed by atoms with van der Waals surface area (Å²) in [7, 11) is 0. The fourth-order valence-corrected chi connectivity index (χ4v) is 1.66. The lowest BCUT2D eigenvalue weighted by molar-refractivity contribution is -0.153. The molecule has 7 nitrogen and oxygen atoms in total. The maximum Gasteiger partial charge on any atom is 0.336 e. The first kappa shape index (κ1) is 12.7. The van der Waals surface area contributed by atoms with Gasteiger partial charge in [-0.3, -0.25) is 0 Å². The van der Waals surface area contributed by atoms with Crippen LogP contribution in [0, 0.1) is 0 Å². The van der Waals surface area contributed by atoms with Gasteiger partial charge in [0.1, 0.15) is 11.8 Å². The van der Waals surface area contributed by atoms with Crippen molar-refractivity contribution in [2.24, 2.45) is 0 Å². The highest BCUT2D eigenvalue weighted by atomic mass is 35.5. The molecule has 1 atom stereocenters. The van der Waals surface area contributed by atoms with Gasteiger partial charge in [-0.1, -0.05) is 11.6 Å². The molecule has 2 rings (SSSR count). The van der Waals surface area contributed by atoms with Crippen molar-refractivity contribution in [3.8, 4) is 0 Å². The standard InChI is InChI=1S/C10H11ClN4O3/c1-2-18-10(17)6(16)3-15-5-14-7-8(11)12-4-13-9(7)15/h4-6,16H,2-3H2,1H3/t6-/m1/s1. The monoisotopic (exact) mass is 270 g/mol. The van der Waals surface area contributed by atoms with Crippen LogP contribution in [0.4, 0.5) is 0 Å². The average Bonchev–Trinajstić information content (AvgIpc) is 2.74. The van der Waals surface area contributed by atoms with E-state index < -0.39 is 12.1 Å². The smallest absolute Gasteiger partial charge is 0.336 e. The van der Waals surface area contributed by atoms with Gasteiger partial charge < -0.3 is 14.4 Å². The molecule has 1 N–H and O–H groups in total. The number of imidazole rings is 1. The first-order chi connectivity index (χ1) is 8.63. The predicted octanol–water partition coefficient (Wildman–Crippen LogP) is 0.404. The van der Waals surface area contributed by atoms with Gasteiger partial charge in [-0.2, -0.15) is 0 Å². The number of aliphatic hydroxyl groups excluding tert-OH is 1. The number of carbonyl (C=O) groups is 1. The molecule has 0 bridgehead atoms. The van der Waals surface area contributed by atoms with Crippen LogP contribution in [-0.2, 0) is 16.1 Å². The van der Waals surface area contributed by atoms with E-state index in [2.05, 4.69) is 15.0 Å². The zero-order valence-corrected chi connectivity index (χ0v) is 10.3. The van der Waals surface area contributed by atoms with Crippen LogP contribution in [0.3, 0.4) is 0 Å². The number of rotatable bonds is 4. The minimum Gasteiger partial charge on any atom is -0.464 e. The number of nitrogens with zero attached hydrogens (tertiary/aromatic N) is 4. The first-order valence-electron chi connectivity index (χ1n) is 5.29. The van der Waals surface area contributed by atoms with E-state index in [1.807, 2.05) is 0 Å². The van der Waals surface area contributed by atoms with E-state index in [-0.39, 0.29) is 18.3 Å². The van der Waals surface area contributed by atoms with Crippen LogP contribution < -0.4 is 0 Å². The van der Waals surface area contributed by atoms with E-state index in [1.165, 1.54) is 17.2 Å². The lowest BCUT2D eigenvalue weighted by atomic mass is 10.3. The van der Waals surface area contributed by atoms with Gasteiger partial charge >= 0.3 is 5.97 Å². The highest BCUT2D eigenvalue weighted by Crippen LogP contribution is 2.17. The quantitative estimate of drug-likeness (QED) is 0.639. The number of aromatic nitrogens is 4. The Hall–Kier alpha value is -1.73. The Kier molecular flexibility index (Phi) is 3.73. The molecule has 0 fully saturated rings. The molecule has 96 valence electrons. The molecular formula is C10H11ClN4O3. The first-order valence-corrected chi connectivity index (χ1v) is 5.67. The highest BCUT2D eigenvalue weighted by Gasteiger charge is 2.18. The number of hydrogen-bond donors (Lipinski definition) is 1. The molecule has 0 amide bonds. The number of carbonyl (C=O) groups excluding carboxylic acids is 1.